The van der Waals surface area contributed by atoms with E-state index in [4.69, 9.17) is 4.74 Å². The molecule has 3 rings (SSSR count). The normalized spacial score (nSPS) is 10.4. The molecule has 0 unspecified atom stereocenters. The molecule has 1 amide bonds. The van der Waals surface area contributed by atoms with Crippen LogP contribution in [-0.4, -0.2) is 19.1 Å². The van der Waals surface area contributed by atoms with E-state index >= 15 is 0 Å². The lowest BCUT2D eigenvalue weighted by Gasteiger charge is -2.12. The van der Waals surface area contributed by atoms with Gasteiger partial charge in [-0.25, -0.2) is 0 Å². The number of ether oxygens (including phenoxy) is 1. The maximum Gasteiger partial charge on any atom is 0.243 e. The Morgan fingerprint density at radius 3 is 2.24 bits per heavy atom. The lowest BCUT2D eigenvalue weighted by Crippen LogP contribution is -2.22. The summed E-state index contributed by atoms with van der Waals surface area (Å²) in [5.41, 5.74) is 5.23. The molecule has 0 aliphatic carbocycles. The van der Waals surface area contributed by atoms with Gasteiger partial charge in [0.05, 0.1) is 13.2 Å². The molecule has 0 spiro atoms. The third kappa shape index (κ3) is 6.39. The second kappa shape index (κ2) is 10.3. The van der Waals surface area contributed by atoms with Crippen LogP contribution in [0.2, 0.25) is 0 Å². The van der Waals surface area contributed by atoms with Gasteiger partial charge < -0.3 is 15.4 Å². The van der Waals surface area contributed by atoms with Gasteiger partial charge >= 0.3 is 0 Å². The van der Waals surface area contributed by atoms with Crippen LogP contribution in [0.4, 0.5) is 11.4 Å². The average molecular weight is 389 g/mol. The fourth-order valence-electron chi connectivity index (χ4n) is 3.16. The van der Waals surface area contributed by atoms with Crippen molar-refractivity contribution in [2.24, 2.45) is 0 Å². The minimum atomic E-state index is -0.0661. The van der Waals surface area contributed by atoms with Crippen LogP contribution in [0.5, 0.6) is 5.75 Å². The van der Waals surface area contributed by atoms with E-state index in [2.05, 4.69) is 34.9 Å². The molecule has 150 valence electrons. The van der Waals surface area contributed by atoms with Crippen molar-refractivity contribution < 1.29 is 9.53 Å². The van der Waals surface area contributed by atoms with E-state index in [9.17, 15) is 4.79 Å². The first-order valence-corrected chi connectivity index (χ1v) is 9.98. The first kappa shape index (κ1) is 20.5. The molecule has 0 heterocycles. The molecule has 2 N–H and O–H groups in total. The van der Waals surface area contributed by atoms with E-state index in [1.807, 2.05) is 62.4 Å². The van der Waals surface area contributed by atoms with Crippen molar-refractivity contribution in [3.05, 3.63) is 89.5 Å². The predicted octanol–water partition coefficient (Wildman–Crippen LogP) is 5.37. The van der Waals surface area contributed by atoms with Gasteiger partial charge in [-0.2, -0.15) is 0 Å². The molecule has 29 heavy (non-hydrogen) atoms. The van der Waals surface area contributed by atoms with Gasteiger partial charge in [0, 0.05) is 11.4 Å². The van der Waals surface area contributed by atoms with Crippen molar-refractivity contribution in [3.63, 3.8) is 0 Å². The number of rotatable bonds is 9. The van der Waals surface area contributed by atoms with Crippen LogP contribution in [0.1, 0.15) is 23.1 Å². The van der Waals surface area contributed by atoms with Gasteiger partial charge in [-0.3, -0.25) is 4.79 Å². The van der Waals surface area contributed by atoms with E-state index in [0.29, 0.717) is 6.61 Å². The summed E-state index contributed by atoms with van der Waals surface area (Å²) >= 11 is 0. The van der Waals surface area contributed by atoms with Crippen molar-refractivity contribution in [1.29, 1.82) is 0 Å². The zero-order chi connectivity index (χ0) is 20.5. The molecular formula is C25H28N2O2. The van der Waals surface area contributed by atoms with Crippen LogP contribution in [0.15, 0.2) is 72.8 Å². The molecule has 4 heteroatoms. The minimum absolute atomic E-state index is 0.0661. The number of nitrogens with one attached hydrogen (secondary N) is 2. The average Bonchev–Trinajstić information content (AvgIpc) is 2.74. The molecule has 0 atom stereocenters. The van der Waals surface area contributed by atoms with Gasteiger partial charge in [0.2, 0.25) is 5.91 Å². The second-order valence-corrected chi connectivity index (χ2v) is 7.13. The van der Waals surface area contributed by atoms with E-state index in [0.717, 1.165) is 41.1 Å². The standard InChI is InChI=1S/C25H28N2O2/c1-19-8-6-9-20(2)25(19)27-24(28)18-26-22-13-15-23(16-14-22)29-17-7-12-21-10-4-3-5-11-21/h3-6,8-11,13-16,26H,7,12,17-18H2,1-2H3,(H,27,28). The molecule has 0 radical (unpaired) electrons. The number of aryl methyl sites for hydroxylation is 3. The SMILES string of the molecule is Cc1cccc(C)c1NC(=O)CNc1ccc(OCCCc2ccccc2)cc1. The molecule has 0 fully saturated rings. The molecule has 0 aliphatic rings. The highest BCUT2D eigenvalue weighted by molar-refractivity contribution is 5.95. The third-order valence-corrected chi connectivity index (χ3v) is 4.77. The molecular weight excluding hydrogens is 360 g/mol. The van der Waals surface area contributed by atoms with E-state index in [1.165, 1.54) is 5.56 Å². The van der Waals surface area contributed by atoms with Crippen LogP contribution < -0.4 is 15.4 Å². The van der Waals surface area contributed by atoms with Gasteiger partial charge in [0.25, 0.3) is 0 Å². The highest BCUT2D eigenvalue weighted by Gasteiger charge is 2.07. The quantitative estimate of drug-likeness (QED) is 0.485. The predicted molar refractivity (Wildman–Crippen MR) is 120 cm³/mol. The summed E-state index contributed by atoms with van der Waals surface area (Å²) in [5.74, 6) is 0.771. The van der Waals surface area contributed by atoms with E-state index < -0.39 is 0 Å². The number of hydrogen-bond acceptors (Lipinski definition) is 3. The Labute approximate surface area is 172 Å². The highest BCUT2D eigenvalue weighted by atomic mass is 16.5. The molecule has 0 saturated heterocycles. The maximum absolute atomic E-state index is 12.3. The van der Waals surface area contributed by atoms with Crippen molar-refractivity contribution in [3.8, 4) is 5.75 Å². The van der Waals surface area contributed by atoms with Crippen molar-refractivity contribution in [1.82, 2.24) is 0 Å². The third-order valence-electron chi connectivity index (χ3n) is 4.77. The van der Waals surface area contributed by atoms with Gasteiger partial charge in [-0.1, -0.05) is 48.5 Å². The van der Waals surface area contributed by atoms with Gasteiger partial charge in [-0.05, 0) is 67.6 Å². The van der Waals surface area contributed by atoms with Crippen LogP contribution in [-0.2, 0) is 11.2 Å². The molecule has 0 saturated carbocycles. The monoisotopic (exact) mass is 388 g/mol. The summed E-state index contributed by atoms with van der Waals surface area (Å²) in [6.07, 6.45) is 1.98. The van der Waals surface area contributed by atoms with Gasteiger partial charge in [-0.15, -0.1) is 0 Å². The Morgan fingerprint density at radius 1 is 0.862 bits per heavy atom. The Morgan fingerprint density at radius 2 is 1.55 bits per heavy atom. The highest BCUT2D eigenvalue weighted by Crippen LogP contribution is 2.20. The summed E-state index contributed by atoms with van der Waals surface area (Å²) in [5, 5.41) is 6.13. The number of anilines is 2. The molecule has 4 nitrogen and oxygen atoms in total. The first-order valence-electron chi connectivity index (χ1n) is 9.98. The van der Waals surface area contributed by atoms with Gasteiger partial charge in [0.15, 0.2) is 0 Å². The Kier molecular flexibility index (Phi) is 7.28. The summed E-state index contributed by atoms with van der Waals surface area (Å²) in [6, 6.07) is 24.1. The fourth-order valence-corrected chi connectivity index (χ4v) is 3.16. The Balaban J connectivity index is 1.40. The summed E-state index contributed by atoms with van der Waals surface area (Å²) < 4.78 is 5.81. The molecule has 0 aliphatic heterocycles. The lowest BCUT2D eigenvalue weighted by atomic mass is 10.1. The van der Waals surface area contributed by atoms with Crippen LogP contribution >= 0.6 is 0 Å². The zero-order valence-electron chi connectivity index (χ0n) is 17.1. The molecule has 0 bridgehead atoms. The summed E-state index contributed by atoms with van der Waals surface area (Å²) in [7, 11) is 0. The number of carbonyl (C=O) groups is 1. The van der Waals surface area contributed by atoms with E-state index in [1.54, 1.807) is 0 Å². The maximum atomic E-state index is 12.3. The topological polar surface area (TPSA) is 50.4 Å². The summed E-state index contributed by atoms with van der Waals surface area (Å²) in [4.78, 5) is 12.3. The number of hydrogen-bond donors (Lipinski definition) is 2. The second-order valence-electron chi connectivity index (χ2n) is 7.13. The molecule has 3 aromatic rings. The molecule has 0 aromatic heterocycles. The van der Waals surface area contributed by atoms with Crippen molar-refractivity contribution in [2.45, 2.75) is 26.7 Å². The lowest BCUT2D eigenvalue weighted by molar-refractivity contribution is -0.114. The van der Waals surface area contributed by atoms with Gasteiger partial charge in [0.1, 0.15) is 5.75 Å². The fraction of sp³-hybridized carbons (Fsp3) is 0.240. The molecule has 3 aromatic carbocycles. The zero-order valence-corrected chi connectivity index (χ0v) is 17.1. The smallest absolute Gasteiger partial charge is 0.243 e. The van der Waals surface area contributed by atoms with E-state index in [-0.39, 0.29) is 12.5 Å². The number of para-hydroxylation sites is 1. The van der Waals surface area contributed by atoms with Crippen LogP contribution in [0.25, 0.3) is 0 Å². The number of amides is 1. The largest absolute Gasteiger partial charge is 0.494 e. The number of carbonyl (C=O) groups excluding carboxylic acids is 1. The first-order chi connectivity index (χ1) is 14.1. The van der Waals surface area contributed by atoms with Crippen LogP contribution in [0.3, 0.4) is 0 Å². The Bertz CT molecular complexity index is 901. The minimum Gasteiger partial charge on any atom is -0.494 e. The van der Waals surface area contributed by atoms with Crippen LogP contribution in [0, 0.1) is 13.8 Å². The van der Waals surface area contributed by atoms with Crippen molar-refractivity contribution >= 4 is 17.3 Å². The number of benzene rings is 3. The Hall–Kier alpha value is -3.27. The summed E-state index contributed by atoms with van der Waals surface area (Å²) in [6.45, 7) is 4.88. The van der Waals surface area contributed by atoms with Crippen molar-refractivity contribution in [2.75, 3.05) is 23.8 Å².